The van der Waals surface area contributed by atoms with E-state index in [-0.39, 0.29) is 6.04 Å². The Balaban J connectivity index is 3.03. The van der Waals surface area contributed by atoms with Crippen LogP contribution in [0.1, 0.15) is 45.2 Å². The highest BCUT2D eigenvalue weighted by molar-refractivity contribution is 5.22. The van der Waals surface area contributed by atoms with Gasteiger partial charge in [0.25, 0.3) is 0 Å². The molecule has 0 fully saturated rings. The minimum Gasteiger partial charge on any atom is -0.310 e. The summed E-state index contributed by atoms with van der Waals surface area (Å²) in [6, 6.07) is 3.79. The summed E-state index contributed by atoms with van der Waals surface area (Å²) in [7, 11) is 0. The maximum absolute atomic E-state index is 13.2. The van der Waals surface area contributed by atoms with Crippen LogP contribution in [0.5, 0.6) is 0 Å². The highest BCUT2D eigenvalue weighted by Gasteiger charge is 2.20. The fourth-order valence-electron chi connectivity index (χ4n) is 2.29. The Morgan fingerprint density at radius 1 is 1.00 bits per heavy atom. The van der Waals surface area contributed by atoms with Crippen molar-refractivity contribution in [2.24, 2.45) is 5.92 Å². The second kappa shape index (κ2) is 6.70. The van der Waals surface area contributed by atoms with E-state index in [0.29, 0.717) is 11.5 Å². The quantitative estimate of drug-likeness (QED) is 0.792. The van der Waals surface area contributed by atoms with Crippen LogP contribution in [0.3, 0.4) is 0 Å². The third-order valence-electron chi connectivity index (χ3n) is 3.19. The van der Waals surface area contributed by atoms with E-state index < -0.39 is 11.6 Å². The number of benzene rings is 1. The standard InChI is InChI=1S/C14H21F2N/c1-4-10(5-2)14(17-6-3)11-7-12(15)9-13(16)8-11/h7-10,14,17H,4-6H2,1-3H3. The van der Waals surface area contributed by atoms with Gasteiger partial charge in [0.05, 0.1) is 0 Å². The molecule has 1 atom stereocenters. The molecule has 0 radical (unpaired) electrons. The summed E-state index contributed by atoms with van der Waals surface area (Å²) in [5.74, 6) is -0.612. The van der Waals surface area contributed by atoms with E-state index in [2.05, 4.69) is 19.2 Å². The predicted octanol–water partition coefficient (Wildman–Crippen LogP) is 4.05. The first-order valence-corrected chi connectivity index (χ1v) is 6.31. The molecule has 0 aliphatic carbocycles. The first-order valence-electron chi connectivity index (χ1n) is 6.31. The fraction of sp³-hybridized carbons (Fsp3) is 0.571. The van der Waals surface area contributed by atoms with Gasteiger partial charge in [0.1, 0.15) is 11.6 Å². The van der Waals surface area contributed by atoms with Crippen molar-refractivity contribution in [2.45, 2.75) is 39.7 Å². The smallest absolute Gasteiger partial charge is 0.126 e. The number of hydrogen-bond donors (Lipinski definition) is 1. The monoisotopic (exact) mass is 241 g/mol. The van der Waals surface area contributed by atoms with Crippen LogP contribution in [0.2, 0.25) is 0 Å². The van der Waals surface area contributed by atoms with Crippen molar-refractivity contribution in [1.82, 2.24) is 5.32 Å². The van der Waals surface area contributed by atoms with Gasteiger partial charge in [-0.15, -0.1) is 0 Å². The third-order valence-corrected chi connectivity index (χ3v) is 3.19. The highest BCUT2D eigenvalue weighted by Crippen LogP contribution is 2.28. The molecule has 96 valence electrons. The van der Waals surface area contributed by atoms with Gasteiger partial charge < -0.3 is 5.32 Å². The van der Waals surface area contributed by atoms with Crippen LogP contribution >= 0.6 is 0 Å². The Morgan fingerprint density at radius 3 is 1.94 bits per heavy atom. The Bertz CT molecular complexity index is 328. The molecule has 1 unspecified atom stereocenters. The molecule has 0 spiro atoms. The van der Waals surface area contributed by atoms with E-state index in [4.69, 9.17) is 0 Å². The second-order valence-electron chi connectivity index (χ2n) is 4.31. The Hall–Kier alpha value is -0.960. The van der Waals surface area contributed by atoms with Crippen LogP contribution in [-0.4, -0.2) is 6.54 Å². The first-order chi connectivity index (χ1) is 8.12. The molecule has 17 heavy (non-hydrogen) atoms. The van der Waals surface area contributed by atoms with Gasteiger partial charge in [-0.3, -0.25) is 0 Å². The van der Waals surface area contributed by atoms with Crippen molar-refractivity contribution < 1.29 is 8.78 Å². The molecule has 1 aromatic rings. The van der Waals surface area contributed by atoms with E-state index in [9.17, 15) is 8.78 Å². The van der Waals surface area contributed by atoms with Crippen molar-refractivity contribution in [1.29, 1.82) is 0 Å². The van der Waals surface area contributed by atoms with Crippen LogP contribution in [-0.2, 0) is 0 Å². The normalized spacial score (nSPS) is 13.1. The summed E-state index contributed by atoms with van der Waals surface area (Å²) >= 11 is 0. The van der Waals surface area contributed by atoms with Crippen molar-refractivity contribution in [3.8, 4) is 0 Å². The predicted molar refractivity (Wildman–Crippen MR) is 66.8 cm³/mol. The summed E-state index contributed by atoms with van der Waals surface area (Å²) in [4.78, 5) is 0. The average Bonchev–Trinajstić information content (AvgIpc) is 2.28. The number of rotatable bonds is 6. The lowest BCUT2D eigenvalue weighted by Gasteiger charge is -2.26. The fourth-order valence-corrected chi connectivity index (χ4v) is 2.29. The van der Waals surface area contributed by atoms with E-state index in [1.165, 1.54) is 12.1 Å². The molecule has 0 aromatic heterocycles. The van der Waals surface area contributed by atoms with Crippen molar-refractivity contribution in [2.75, 3.05) is 6.54 Å². The van der Waals surface area contributed by atoms with Crippen LogP contribution in [0, 0.1) is 17.6 Å². The van der Waals surface area contributed by atoms with Crippen LogP contribution in [0.15, 0.2) is 18.2 Å². The van der Waals surface area contributed by atoms with Gasteiger partial charge in [-0.2, -0.15) is 0 Å². The molecule has 0 aliphatic rings. The largest absolute Gasteiger partial charge is 0.310 e. The summed E-state index contributed by atoms with van der Waals surface area (Å²) in [6.07, 6.45) is 1.98. The summed E-state index contributed by atoms with van der Waals surface area (Å²) in [5.41, 5.74) is 0.707. The third kappa shape index (κ3) is 3.77. The lowest BCUT2D eigenvalue weighted by molar-refractivity contribution is 0.344. The lowest BCUT2D eigenvalue weighted by atomic mass is 9.88. The maximum atomic E-state index is 13.2. The number of halogens is 2. The van der Waals surface area contributed by atoms with Gasteiger partial charge in [-0.05, 0) is 30.2 Å². The summed E-state index contributed by atoms with van der Waals surface area (Å²) in [6.45, 7) is 7.01. The molecule has 3 heteroatoms. The molecule has 0 amide bonds. The minimum absolute atomic E-state index is 0.0280. The topological polar surface area (TPSA) is 12.0 Å². The molecule has 0 bridgehead atoms. The van der Waals surface area contributed by atoms with E-state index in [1.807, 2.05) is 6.92 Å². The molecular weight excluding hydrogens is 220 g/mol. The van der Waals surface area contributed by atoms with E-state index in [0.717, 1.165) is 25.5 Å². The van der Waals surface area contributed by atoms with Crippen LogP contribution in [0.4, 0.5) is 8.78 Å². The summed E-state index contributed by atoms with van der Waals surface area (Å²) < 4.78 is 26.5. The van der Waals surface area contributed by atoms with E-state index >= 15 is 0 Å². The van der Waals surface area contributed by atoms with Gasteiger partial charge in [-0.25, -0.2) is 8.78 Å². The van der Waals surface area contributed by atoms with Crippen molar-refractivity contribution >= 4 is 0 Å². The molecule has 1 N–H and O–H groups in total. The molecule has 0 heterocycles. The minimum atomic E-state index is -0.506. The summed E-state index contributed by atoms with van der Waals surface area (Å²) in [5, 5.41) is 3.32. The molecule has 1 rings (SSSR count). The molecule has 0 aliphatic heterocycles. The van der Waals surface area contributed by atoms with Gasteiger partial charge >= 0.3 is 0 Å². The SMILES string of the molecule is CCNC(c1cc(F)cc(F)c1)C(CC)CC. The van der Waals surface area contributed by atoms with Crippen LogP contribution in [0.25, 0.3) is 0 Å². The van der Waals surface area contributed by atoms with Crippen molar-refractivity contribution in [3.05, 3.63) is 35.4 Å². The Kier molecular flexibility index (Phi) is 5.56. The molecule has 1 aromatic carbocycles. The zero-order chi connectivity index (χ0) is 12.8. The highest BCUT2D eigenvalue weighted by atomic mass is 19.1. The average molecular weight is 241 g/mol. The van der Waals surface area contributed by atoms with Gasteiger partial charge in [-0.1, -0.05) is 33.6 Å². The Labute approximate surface area is 102 Å². The zero-order valence-electron chi connectivity index (χ0n) is 10.8. The van der Waals surface area contributed by atoms with Gasteiger partial charge in [0.2, 0.25) is 0 Å². The van der Waals surface area contributed by atoms with Crippen LogP contribution < -0.4 is 5.32 Å². The van der Waals surface area contributed by atoms with E-state index in [1.54, 1.807) is 0 Å². The zero-order valence-corrected chi connectivity index (χ0v) is 10.8. The number of nitrogens with one attached hydrogen (secondary N) is 1. The first kappa shape index (κ1) is 14.1. The number of hydrogen-bond acceptors (Lipinski definition) is 1. The molecule has 0 saturated carbocycles. The van der Waals surface area contributed by atoms with Gasteiger partial charge in [0, 0.05) is 12.1 Å². The molecular formula is C14H21F2N. The molecule has 1 nitrogen and oxygen atoms in total. The second-order valence-corrected chi connectivity index (χ2v) is 4.31. The molecule has 0 saturated heterocycles. The maximum Gasteiger partial charge on any atom is 0.126 e. The lowest BCUT2D eigenvalue weighted by Crippen LogP contribution is -2.28. The van der Waals surface area contributed by atoms with Crippen molar-refractivity contribution in [3.63, 3.8) is 0 Å². The van der Waals surface area contributed by atoms with Gasteiger partial charge in [0.15, 0.2) is 0 Å². The Morgan fingerprint density at radius 2 is 1.53 bits per heavy atom.